The summed E-state index contributed by atoms with van der Waals surface area (Å²) in [7, 11) is 0. The third-order valence-corrected chi connectivity index (χ3v) is 6.02. The van der Waals surface area contributed by atoms with E-state index in [9.17, 15) is 9.59 Å². The second-order valence-electron chi connectivity index (χ2n) is 8.89. The van der Waals surface area contributed by atoms with Crippen molar-refractivity contribution in [3.63, 3.8) is 0 Å². The zero-order valence-corrected chi connectivity index (χ0v) is 19.0. The topological polar surface area (TPSA) is 97.8 Å². The van der Waals surface area contributed by atoms with Crippen LogP contribution in [0.25, 0.3) is 10.9 Å². The standard InChI is InChI=1S/C26H28N2O5/c1-16(2)33-25(30)26(14-22(26)24(29)28-31)13-18-8-10-20(11-9-18)32-15-19-12-17(3)27-23-7-5-4-6-21(19)23/h4-12,16,22,31H,13-15H2,1-3H3,(H,28,29)/t22-,26+/m1/s1. The fraction of sp³-hybridized carbons (Fsp3) is 0.346. The minimum Gasteiger partial charge on any atom is -0.489 e. The molecule has 3 aromatic rings. The number of nitrogens with zero attached hydrogens (tertiary/aromatic N) is 1. The van der Waals surface area contributed by atoms with Crippen molar-refractivity contribution in [2.75, 3.05) is 0 Å². The molecule has 1 heterocycles. The first kappa shape index (κ1) is 22.7. The summed E-state index contributed by atoms with van der Waals surface area (Å²) in [5.74, 6) is -0.869. The van der Waals surface area contributed by atoms with Gasteiger partial charge in [-0.3, -0.25) is 19.8 Å². The maximum atomic E-state index is 12.7. The van der Waals surface area contributed by atoms with E-state index in [4.69, 9.17) is 14.7 Å². The molecule has 7 nitrogen and oxygen atoms in total. The average Bonchev–Trinajstić information content (AvgIpc) is 3.52. The maximum Gasteiger partial charge on any atom is 0.313 e. The molecule has 1 aromatic heterocycles. The highest BCUT2D eigenvalue weighted by Gasteiger charge is 2.64. The van der Waals surface area contributed by atoms with Gasteiger partial charge in [0.05, 0.1) is 23.0 Å². The Morgan fingerprint density at radius 2 is 1.91 bits per heavy atom. The Labute approximate surface area is 192 Å². The van der Waals surface area contributed by atoms with Gasteiger partial charge in [-0.2, -0.15) is 0 Å². The van der Waals surface area contributed by atoms with Crippen molar-refractivity contribution in [3.8, 4) is 5.75 Å². The molecule has 7 heteroatoms. The Hall–Kier alpha value is -3.45. The van der Waals surface area contributed by atoms with Gasteiger partial charge in [-0.25, -0.2) is 5.48 Å². The number of carbonyl (C=O) groups is 2. The second kappa shape index (κ2) is 9.19. The first-order valence-corrected chi connectivity index (χ1v) is 11.0. The lowest BCUT2D eigenvalue weighted by atomic mass is 9.93. The molecule has 2 aromatic carbocycles. The van der Waals surface area contributed by atoms with Gasteiger partial charge in [0, 0.05) is 16.6 Å². The summed E-state index contributed by atoms with van der Waals surface area (Å²) in [4.78, 5) is 29.3. The second-order valence-corrected chi connectivity index (χ2v) is 8.89. The molecular weight excluding hydrogens is 420 g/mol. The number of ether oxygens (including phenoxy) is 2. The smallest absolute Gasteiger partial charge is 0.313 e. The Morgan fingerprint density at radius 3 is 2.61 bits per heavy atom. The van der Waals surface area contributed by atoms with E-state index in [-0.39, 0.29) is 6.10 Å². The van der Waals surface area contributed by atoms with E-state index in [0.717, 1.165) is 27.7 Å². The molecule has 2 atom stereocenters. The number of esters is 1. The van der Waals surface area contributed by atoms with Gasteiger partial charge in [-0.05, 0) is 63.4 Å². The zero-order chi connectivity index (χ0) is 23.6. The van der Waals surface area contributed by atoms with Gasteiger partial charge in [-0.15, -0.1) is 0 Å². The molecule has 0 unspecified atom stereocenters. The number of fused-ring (bicyclic) bond motifs is 1. The first-order chi connectivity index (χ1) is 15.8. The van der Waals surface area contributed by atoms with Crippen molar-refractivity contribution < 1.29 is 24.3 Å². The molecule has 0 spiro atoms. The van der Waals surface area contributed by atoms with Crippen LogP contribution < -0.4 is 10.2 Å². The predicted molar refractivity (Wildman–Crippen MR) is 123 cm³/mol. The number of benzene rings is 2. The normalized spacial score (nSPS) is 19.4. The number of aryl methyl sites for hydroxylation is 1. The summed E-state index contributed by atoms with van der Waals surface area (Å²) < 4.78 is 11.4. The molecule has 1 fully saturated rings. The quantitative estimate of drug-likeness (QED) is 0.306. The third kappa shape index (κ3) is 4.83. The number of carbonyl (C=O) groups excluding carboxylic acids is 2. The van der Waals surface area contributed by atoms with Crippen LogP contribution in [0.4, 0.5) is 0 Å². The number of nitrogens with one attached hydrogen (secondary N) is 1. The van der Waals surface area contributed by atoms with E-state index >= 15 is 0 Å². The molecule has 1 aliphatic rings. The maximum absolute atomic E-state index is 12.7. The molecule has 0 bridgehead atoms. The van der Waals surface area contributed by atoms with Crippen LogP contribution in [0.3, 0.4) is 0 Å². The zero-order valence-electron chi connectivity index (χ0n) is 19.0. The summed E-state index contributed by atoms with van der Waals surface area (Å²) in [6.45, 7) is 5.92. The third-order valence-electron chi connectivity index (χ3n) is 6.02. The van der Waals surface area contributed by atoms with Crippen molar-refractivity contribution in [2.24, 2.45) is 11.3 Å². The Kier molecular flexibility index (Phi) is 6.33. The van der Waals surface area contributed by atoms with E-state index < -0.39 is 23.2 Å². The minimum absolute atomic E-state index is 0.281. The Bertz CT molecular complexity index is 1180. The van der Waals surface area contributed by atoms with E-state index in [1.165, 1.54) is 0 Å². The Morgan fingerprint density at radius 1 is 1.18 bits per heavy atom. The fourth-order valence-corrected chi connectivity index (χ4v) is 4.29. The average molecular weight is 449 g/mol. The highest BCUT2D eigenvalue weighted by atomic mass is 16.5. The SMILES string of the molecule is Cc1cc(COc2ccc(C[C@]3(C(=O)OC(C)C)C[C@@H]3C(=O)NO)cc2)c2ccccc2n1. The van der Waals surface area contributed by atoms with Crippen LogP contribution >= 0.6 is 0 Å². The number of hydrogen-bond acceptors (Lipinski definition) is 6. The largest absolute Gasteiger partial charge is 0.489 e. The summed E-state index contributed by atoms with van der Waals surface area (Å²) in [6.07, 6.45) is 0.416. The number of aromatic nitrogens is 1. The van der Waals surface area contributed by atoms with Crippen LogP contribution in [0.2, 0.25) is 0 Å². The van der Waals surface area contributed by atoms with Crippen LogP contribution in [0.15, 0.2) is 54.6 Å². The van der Waals surface area contributed by atoms with E-state index in [0.29, 0.717) is 25.2 Å². The molecule has 1 aliphatic carbocycles. The Balaban J connectivity index is 1.46. The van der Waals surface area contributed by atoms with E-state index in [2.05, 4.69) is 4.98 Å². The predicted octanol–water partition coefficient (Wildman–Crippen LogP) is 4.13. The monoisotopic (exact) mass is 448 g/mol. The van der Waals surface area contributed by atoms with Crippen LogP contribution in [-0.2, 0) is 27.4 Å². The number of hydroxylamine groups is 1. The molecule has 4 rings (SSSR count). The van der Waals surface area contributed by atoms with Gasteiger partial charge in [0.25, 0.3) is 0 Å². The first-order valence-electron chi connectivity index (χ1n) is 11.0. The van der Waals surface area contributed by atoms with Crippen LogP contribution in [0.5, 0.6) is 5.75 Å². The molecule has 0 radical (unpaired) electrons. The van der Waals surface area contributed by atoms with Gasteiger partial charge in [0.2, 0.25) is 5.91 Å². The van der Waals surface area contributed by atoms with E-state index in [1.54, 1.807) is 19.3 Å². The molecule has 172 valence electrons. The van der Waals surface area contributed by atoms with Gasteiger partial charge >= 0.3 is 5.97 Å². The minimum atomic E-state index is -0.951. The van der Waals surface area contributed by atoms with Crippen molar-refractivity contribution in [1.29, 1.82) is 0 Å². The molecule has 0 aliphatic heterocycles. The van der Waals surface area contributed by atoms with Crippen molar-refractivity contribution in [1.82, 2.24) is 10.5 Å². The molecule has 1 saturated carbocycles. The number of amides is 1. The molecule has 33 heavy (non-hydrogen) atoms. The van der Waals surface area contributed by atoms with Crippen LogP contribution in [0, 0.1) is 18.3 Å². The van der Waals surface area contributed by atoms with Crippen molar-refractivity contribution in [2.45, 2.75) is 46.3 Å². The summed E-state index contributed by atoms with van der Waals surface area (Å²) in [5.41, 5.74) is 4.54. The highest BCUT2D eigenvalue weighted by molar-refractivity contribution is 5.93. The fourth-order valence-electron chi connectivity index (χ4n) is 4.29. The van der Waals surface area contributed by atoms with E-state index in [1.807, 2.05) is 61.5 Å². The van der Waals surface area contributed by atoms with Gasteiger partial charge < -0.3 is 9.47 Å². The lowest BCUT2D eigenvalue weighted by molar-refractivity contribution is -0.156. The number of para-hydroxylation sites is 1. The summed E-state index contributed by atoms with van der Waals surface area (Å²) >= 11 is 0. The number of rotatable bonds is 8. The van der Waals surface area contributed by atoms with Crippen LogP contribution in [-0.4, -0.2) is 28.2 Å². The lowest BCUT2D eigenvalue weighted by Gasteiger charge is -2.18. The summed E-state index contributed by atoms with van der Waals surface area (Å²) in [5, 5.41) is 10.1. The number of hydrogen-bond donors (Lipinski definition) is 2. The van der Waals surface area contributed by atoms with Gasteiger partial charge in [0.15, 0.2) is 0 Å². The van der Waals surface area contributed by atoms with Crippen molar-refractivity contribution >= 4 is 22.8 Å². The molecule has 1 amide bonds. The summed E-state index contributed by atoms with van der Waals surface area (Å²) in [6, 6.07) is 17.5. The van der Waals surface area contributed by atoms with Crippen molar-refractivity contribution in [3.05, 3.63) is 71.4 Å². The van der Waals surface area contributed by atoms with Gasteiger partial charge in [0.1, 0.15) is 12.4 Å². The van der Waals surface area contributed by atoms with Gasteiger partial charge in [-0.1, -0.05) is 30.3 Å². The molecule has 0 saturated heterocycles. The molecular formula is C26H28N2O5. The lowest BCUT2D eigenvalue weighted by Crippen LogP contribution is -2.31. The highest BCUT2D eigenvalue weighted by Crippen LogP contribution is 2.56. The molecule has 2 N–H and O–H groups in total. The number of pyridine rings is 1. The van der Waals surface area contributed by atoms with Crippen LogP contribution in [0.1, 0.15) is 37.1 Å².